The lowest BCUT2D eigenvalue weighted by Gasteiger charge is -2.39. The quantitative estimate of drug-likeness (QED) is 0.851. The van der Waals surface area contributed by atoms with Gasteiger partial charge in [-0.15, -0.1) is 0 Å². The number of fused-ring (bicyclic) bond motifs is 1. The average Bonchev–Trinajstić information content (AvgIpc) is 2.77. The summed E-state index contributed by atoms with van der Waals surface area (Å²) < 4.78 is 16.3. The van der Waals surface area contributed by atoms with Crippen molar-refractivity contribution in [1.29, 1.82) is 0 Å². The van der Waals surface area contributed by atoms with E-state index in [1.54, 1.807) is 4.90 Å². The average molecular weight is 290 g/mol. The van der Waals surface area contributed by atoms with E-state index in [2.05, 4.69) is 4.98 Å². The summed E-state index contributed by atoms with van der Waals surface area (Å²) in [6.45, 7) is 6.63. The predicted molar refractivity (Wildman–Crippen MR) is 76.2 cm³/mol. The van der Waals surface area contributed by atoms with Crippen molar-refractivity contribution in [2.45, 2.75) is 32.5 Å². The lowest BCUT2D eigenvalue weighted by atomic mass is 10.1. The Kier molecular flexibility index (Phi) is 3.23. The summed E-state index contributed by atoms with van der Waals surface area (Å²) >= 11 is 0. The van der Waals surface area contributed by atoms with Gasteiger partial charge in [0.2, 0.25) is 0 Å². The van der Waals surface area contributed by atoms with Gasteiger partial charge in [-0.3, -0.25) is 0 Å². The molecule has 2 heterocycles. The molecule has 112 valence electrons. The van der Waals surface area contributed by atoms with Crippen molar-refractivity contribution in [2.24, 2.45) is 0 Å². The predicted octanol–water partition coefficient (Wildman–Crippen LogP) is 2.83. The Morgan fingerprint density at radius 2 is 2.14 bits per heavy atom. The third kappa shape index (κ3) is 3.09. The zero-order chi connectivity index (χ0) is 15.0. The maximum Gasteiger partial charge on any atom is 0.410 e. The number of aromatic nitrogens is 1. The summed E-state index contributed by atoms with van der Waals surface area (Å²) in [5.74, 6) is 0.727. The van der Waals surface area contributed by atoms with E-state index in [4.69, 9.17) is 13.9 Å². The van der Waals surface area contributed by atoms with Crippen LogP contribution in [0.15, 0.2) is 29.0 Å². The van der Waals surface area contributed by atoms with Gasteiger partial charge < -0.3 is 18.8 Å². The molecule has 0 radical (unpaired) electrons. The van der Waals surface area contributed by atoms with E-state index < -0.39 is 5.60 Å². The number of amides is 1. The monoisotopic (exact) mass is 290 g/mol. The van der Waals surface area contributed by atoms with Crippen molar-refractivity contribution in [1.82, 2.24) is 9.88 Å². The Labute approximate surface area is 122 Å². The van der Waals surface area contributed by atoms with E-state index in [0.29, 0.717) is 13.1 Å². The van der Waals surface area contributed by atoms with Gasteiger partial charge >= 0.3 is 6.09 Å². The first-order chi connectivity index (χ1) is 9.90. The van der Waals surface area contributed by atoms with Gasteiger partial charge in [0, 0.05) is 6.07 Å². The number of hydrogen-bond acceptors (Lipinski definition) is 5. The molecule has 1 fully saturated rings. The third-order valence-electron chi connectivity index (χ3n) is 3.10. The highest BCUT2D eigenvalue weighted by Gasteiger charge is 2.35. The normalized spacial score (nSPS) is 15.9. The number of hydrogen-bond donors (Lipinski definition) is 0. The molecular weight excluding hydrogens is 272 g/mol. The SMILES string of the molecule is CC(C)(C)OC(=O)N1CC(Oc2ccc3ocnc3c2)C1. The molecule has 0 spiro atoms. The fraction of sp³-hybridized carbons (Fsp3) is 0.467. The Balaban J connectivity index is 1.53. The molecular formula is C15H18N2O4. The van der Waals surface area contributed by atoms with Gasteiger partial charge in [-0.1, -0.05) is 0 Å². The summed E-state index contributed by atoms with van der Waals surface area (Å²) in [6.07, 6.45) is 1.10. The van der Waals surface area contributed by atoms with Crippen LogP contribution in [0.3, 0.4) is 0 Å². The number of nitrogens with zero attached hydrogens (tertiary/aromatic N) is 2. The number of likely N-dealkylation sites (tertiary alicyclic amines) is 1. The largest absolute Gasteiger partial charge is 0.487 e. The summed E-state index contributed by atoms with van der Waals surface area (Å²) in [7, 11) is 0. The standard InChI is InChI=1S/C15H18N2O4/c1-15(2,3)21-14(18)17-7-11(8-17)20-10-4-5-13-12(6-10)16-9-19-13/h4-6,9,11H,7-8H2,1-3H3. The molecule has 0 N–H and O–H groups in total. The number of benzene rings is 1. The summed E-state index contributed by atoms with van der Waals surface area (Å²) in [6, 6.07) is 5.49. The van der Waals surface area contributed by atoms with E-state index >= 15 is 0 Å². The first-order valence-electron chi connectivity index (χ1n) is 6.88. The van der Waals surface area contributed by atoms with Gasteiger partial charge in [-0.2, -0.15) is 0 Å². The third-order valence-corrected chi connectivity index (χ3v) is 3.10. The molecule has 1 aromatic heterocycles. The minimum Gasteiger partial charge on any atom is -0.487 e. The number of carbonyl (C=O) groups excluding carboxylic acids is 1. The van der Waals surface area contributed by atoms with Crippen molar-refractivity contribution < 1.29 is 18.7 Å². The molecule has 0 unspecified atom stereocenters. The summed E-state index contributed by atoms with van der Waals surface area (Å²) in [5.41, 5.74) is 1.02. The van der Waals surface area contributed by atoms with Crippen LogP contribution in [0.2, 0.25) is 0 Å². The Morgan fingerprint density at radius 3 is 2.86 bits per heavy atom. The smallest absolute Gasteiger partial charge is 0.410 e. The second-order valence-electron chi connectivity index (χ2n) is 6.11. The molecule has 6 heteroatoms. The maximum absolute atomic E-state index is 11.8. The highest BCUT2D eigenvalue weighted by Crippen LogP contribution is 2.23. The molecule has 0 bridgehead atoms. The van der Waals surface area contributed by atoms with Crippen LogP contribution in [0.1, 0.15) is 20.8 Å². The van der Waals surface area contributed by atoms with Crippen LogP contribution in [0.25, 0.3) is 11.1 Å². The van der Waals surface area contributed by atoms with E-state index in [1.165, 1.54) is 6.39 Å². The molecule has 0 atom stereocenters. The van der Waals surface area contributed by atoms with Gasteiger partial charge in [0.25, 0.3) is 0 Å². The zero-order valence-corrected chi connectivity index (χ0v) is 12.3. The van der Waals surface area contributed by atoms with Crippen molar-refractivity contribution in [3.63, 3.8) is 0 Å². The van der Waals surface area contributed by atoms with Crippen molar-refractivity contribution in [2.75, 3.05) is 13.1 Å². The molecule has 1 aliphatic rings. The van der Waals surface area contributed by atoms with Crippen LogP contribution in [-0.2, 0) is 4.74 Å². The molecule has 1 saturated heterocycles. The first kappa shape index (κ1) is 13.7. The zero-order valence-electron chi connectivity index (χ0n) is 12.3. The molecule has 6 nitrogen and oxygen atoms in total. The van der Waals surface area contributed by atoms with Crippen LogP contribution in [-0.4, -0.2) is 40.8 Å². The molecule has 1 amide bonds. The molecule has 1 aliphatic heterocycles. The van der Waals surface area contributed by atoms with Gasteiger partial charge in [0.15, 0.2) is 12.0 Å². The summed E-state index contributed by atoms with van der Waals surface area (Å²) in [5, 5.41) is 0. The second-order valence-corrected chi connectivity index (χ2v) is 6.11. The molecule has 1 aromatic carbocycles. The van der Waals surface area contributed by atoms with E-state index in [9.17, 15) is 4.79 Å². The van der Waals surface area contributed by atoms with Crippen molar-refractivity contribution >= 4 is 17.2 Å². The fourth-order valence-corrected chi connectivity index (χ4v) is 2.09. The molecule has 0 aliphatic carbocycles. The lowest BCUT2D eigenvalue weighted by molar-refractivity contribution is -0.0221. The van der Waals surface area contributed by atoms with E-state index in [0.717, 1.165) is 16.8 Å². The number of carbonyl (C=O) groups is 1. The highest BCUT2D eigenvalue weighted by molar-refractivity contribution is 5.73. The van der Waals surface area contributed by atoms with Gasteiger partial charge in [-0.05, 0) is 32.9 Å². The van der Waals surface area contributed by atoms with Crippen LogP contribution in [0.5, 0.6) is 5.75 Å². The Bertz CT molecular complexity index is 653. The van der Waals surface area contributed by atoms with Crippen molar-refractivity contribution in [3.8, 4) is 5.75 Å². The minimum atomic E-state index is -0.471. The lowest BCUT2D eigenvalue weighted by Crippen LogP contribution is -2.57. The molecule has 2 aromatic rings. The van der Waals surface area contributed by atoms with Gasteiger partial charge in [-0.25, -0.2) is 9.78 Å². The summed E-state index contributed by atoms with van der Waals surface area (Å²) in [4.78, 5) is 17.5. The molecule has 0 saturated carbocycles. The number of ether oxygens (including phenoxy) is 2. The van der Waals surface area contributed by atoms with E-state index in [-0.39, 0.29) is 12.2 Å². The first-order valence-corrected chi connectivity index (χ1v) is 6.88. The number of oxazole rings is 1. The van der Waals surface area contributed by atoms with Crippen molar-refractivity contribution in [3.05, 3.63) is 24.6 Å². The van der Waals surface area contributed by atoms with E-state index in [1.807, 2.05) is 39.0 Å². The van der Waals surface area contributed by atoms with Crippen LogP contribution >= 0.6 is 0 Å². The molecule has 21 heavy (non-hydrogen) atoms. The number of rotatable bonds is 2. The van der Waals surface area contributed by atoms with Crippen LogP contribution < -0.4 is 4.74 Å². The minimum absolute atomic E-state index is 0.0122. The molecule has 3 rings (SSSR count). The topological polar surface area (TPSA) is 64.8 Å². The second kappa shape index (κ2) is 4.95. The Hall–Kier alpha value is -2.24. The maximum atomic E-state index is 11.8. The Morgan fingerprint density at radius 1 is 1.38 bits per heavy atom. The van der Waals surface area contributed by atoms with Gasteiger partial charge in [0.1, 0.15) is 23.0 Å². The van der Waals surface area contributed by atoms with Crippen LogP contribution in [0.4, 0.5) is 4.79 Å². The highest BCUT2D eigenvalue weighted by atomic mass is 16.6. The fourth-order valence-electron chi connectivity index (χ4n) is 2.09. The van der Waals surface area contributed by atoms with Gasteiger partial charge in [0.05, 0.1) is 13.1 Å². The van der Waals surface area contributed by atoms with Crippen LogP contribution in [0, 0.1) is 0 Å².